The lowest BCUT2D eigenvalue weighted by molar-refractivity contribution is 0.669. The summed E-state index contributed by atoms with van der Waals surface area (Å²) in [5.74, 6) is 1.82. The number of fused-ring (bicyclic) bond motifs is 9. The minimum atomic E-state index is 0.570. The van der Waals surface area contributed by atoms with E-state index in [0.29, 0.717) is 17.6 Å². The molecule has 8 aromatic carbocycles. The van der Waals surface area contributed by atoms with Crippen molar-refractivity contribution in [1.29, 1.82) is 0 Å². The Balaban J connectivity index is 1.11. The third kappa shape index (κ3) is 5.19. The Labute approximate surface area is 330 Å². The molecule has 4 aromatic heterocycles. The van der Waals surface area contributed by atoms with Crippen molar-refractivity contribution in [3.05, 3.63) is 182 Å². The van der Waals surface area contributed by atoms with Gasteiger partial charge in [0.05, 0.1) is 11.0 Å². The van der Waals surface area contributed by atoms with Gasteiger partial charge in [-0.05, 0) is 82.9 Å². The molecule has 4 heterocycles. The molecule has 0 bridgehead atoms. The average Bonchev–Trinajstić information content (AvgIpc) is 3.95. The van der Waals surface area contributed by atoms with Gasteiger partial charge in [-0.3, -0.25) is 4.57 Å². The molecule has 0 atom stereocenters. The molecule has 6 heteroatoms. The van der Waals surface area contributed by atoms with Crippen molar-refractivity contribution in [2.45, 2.75) is 0 Å². The predicted molar refractivity (Wildman–Crippen MR) is 236 cm³/mol. The van der Waals surface area contributed by atoms with E-state index >= 15 is 0 Å². The van der Waals surface area contributed by atoms with E-state index in [1.165, 1.54) is 25.7 Å². The summed E-state index contributed by atoms with van der Waals surface area (Å²) in [4.78, 5) is 15.4. The molecule has 0 unspecified atom stereocenters. The molecule has 0 saturated heterocycles. The van der Waals surface area contributed by atoms with Crippen LogP contribution in [0.3, 0.4) is 0 Å². The smallest absolute Gasteiger partial charge is 0.238 e. The Kier molecular flexibility index (Phi) is 7.03. The van der Waals surface area contributed by atoms with Gasteiger partial charge < -0.3 is 4.42 Å². The fourth-order valence-electron chi connectivity index (χ4n) is 8.31. The standard InChI is InChI=1S/C51H30N4OS/c1-3-11-31(12-4-1)49-52-50(32-13-5-2-6-14-32)54-51(53-49)55-43-23-19-33(35-21-25-46-41(29-35)37-15-7-9-17-45(37)56-46)27-39(43)40-28-34(20-24-44(40)55)36-22-26-48-42(30-36)38-16-8-10-18-47(38)57-48/h1-30H. The second-order valence-corrected chi connectivity index (χ2v) is 15.5. The van der Waals surface area contributed by atoms with Crippen LogP contribution in [0.4, 0.5) is 0 Å². The molecule has 0 spiro atoms. The second-order valence-electron chi connectivity index (χ2n) is 14.4. The molecule has 0 amide bonds. The van der Waals surface area contributed by atoms with Crippen LogP contribution in [0.5, 0.6) is 0 Å². The first-order chi connectivity index (χ1) is 28.2. The number of nitrogens with zero attached hydrogens (tertiary/aromatic N) is 4. The zero-order chi connectivity index (χ0) is 37.5. The number of hydrogen-bond acceptors (Lipinski definition) is 5. The summed E-state index contributed by atoms with van der Waals surface area (Å²) in [5, 5.41) is 7.04. The van der Waals surface area contributed by atoms with E-state index in [9.17, 15) is 0 Å². The summed E-state index contributed by atoms with van der Waals surface area (Å²) >= 11 is 1.84. The van der Waals surface area contributed by atoms with Crippen molar-refractivity contribution in [2.24, 2.45) is 0 Å². The van der Waals surface area contributed by atoms with Crippen molar-refractivity contribution in [2.75, 3.05) is 0 Å². The molecule has 0 fully saturated rings. The Morgan fingerprint density at radius 3 is 1.51 bits per heavy atom. The molecule has 5 nitrogen and oxygen atoms in total. The fraction of sp³-hybridized carbons (Fsp3) is 0. The molecule has 266 valence electrons. The van der Waals surface area contributed by atoms with Gasteiger partial charge in [0, 0.05) is 52.8 Å². The fourth-order valence-corrected chi connectivity index (χ4v) is 9.39. The summed E-state index contributed by atoms with van der Waals surface area (Å²) in [7, 11) is 0. The minimum absolute atomic E-state index is 0.570. The molecule has 0 aliphatic rings. The van der Waals surface area contributed by atoms with Gasteiger partial charge >= 0.3 is 0 Å². The minimum Gasteiger partial charge on any atom is -0.456 e. The lowest BCUT2D eigenvalue weighted by atomic mass is 9.98. The van der Waals surface area contributed by atoms with Crippen LogP contribution in [0.25, 0.3) is 115 Å². The summed E-state index contributed by atoms with van der Waals surface area (Å²) < 4.78 is 11.0. The monoisotopic (exact) mass is 746 g/mol. The average molecular weight is 747 g/mol. The van der Waals surface area contributed by atoms with E-state index in [2.05, 4.69) is 114 Å². The Morgan fingerprint density at radius 1 is 0.351 bits per heavy atom. The number of thiophene rings is 1. The zero-order valence-corrected chi connectivity index (χ0v) is 31.2. The molecule has 0 saturated carbocycles. The Morgan fingerprint density at radius 2 is 0.842 bits per heavy atom. The van der Waals surface area contributed by atoms with E-state index in [-0.39, 0.29) is 0 Å². The Hall–Kier alpha value is -7.41. The highest BCUT2D eigenvalue weighted by Crippen LogP contribution is 2.41. The molecular formula is C51H30N4OS. The topological polar surface area (TPSA) is 56.7 Å². The van der Waals surface area contributed by atoms with Gasteiger partial charge in [-0.2, -0.15) is 9.97 Å². The van der Waals surface area contributed by atoms with Gasteiger partial charge in [0.25, 0.3) is 0 Å². The first-order valence-electron chi connectivity index (χ1n) is 19.0. The number of rotatable bonds is 5. The van der Waals surface area contributed by atoms with Crippen molar-refractivity contribution < 1.29 is 4.42 Å². The summed E-state index contributed by atoms with van der Waals surface area (Å²) in [6.07, 6.45) is 0. The molecule has 0 aliphatic heterocycles. The van der Waals surface area contributed by atoms with Crippen molar-refractivity contribution >= 4 is 75.3 Å². The second kappa shape index (κ2) is 12.6. The van der Waals surface area contributed by atoms with Crippen molar-refractivity contribution in [3.63, 3.8) is 0 Å². The number of hydrogen-bond donors (Lipinski definition) is 0. The summed E-state index contributed by atoms with van der Waals surface area (Å²) in [5.41, 5.74) is 10.3. The predicted octanol–water partition coefficient (Wildman–Crippen LogP) is 13.9. The van der Waals surface area contributed by atoms with E-state index in [0.717, 1.165) is 71.6 Å². The number of aromatic nitrogens is 4. The Bertz CT molecular complexity index is 3300. The zero-order valence-electron chi connectivity index (χ0n) is 30.4. The van der Waals surface area contributed by atoms with Crippen LogP contribution in [0.2, 0.25) is 0 Å². The van der Waals surface area contributed by atoms with Gasteiger partial charge in [0.15, 0.2) is 11.6 Å². The largest absolute Gasteiger partial charge is 0.456 e. The molecule has 12 aromatic rings. The normalized spacial score (nSPS) is 11.9. The lowest BCUT2D eigenvalue weighted by Crippen LogP contribution is -2.06. The molecule has 12 rings (SSSR count). The highest BCUT2D eigenvalue weighted by molar-refractivity contribution is 7.25. The SMILES string of the molecule is c1ccc(-c2nc(-c3ccccc3)nc(-n3c4ccc(-c5ccc6oc7ccccc7c6c5)cc4c4cc(-c5ccc6sc7ccccc7c6c5)ccc43)n2)cc1. The third-order valence-electron chi connectivity index (χ3n) is 11.1. The first kappa shape index (κ1) is 31.9. The van der Waals surface area contributed by atoms with Crippen molar-refractivity contribution in [1.82, 2.24) is 19.5 Å². The van der Waals surface area contributed by atoms with Crippen LogP contribution in [-0.4, -0.2) is 19.5 Å². The third-order valence-corrected chi connectivity index (χ3v) is 12.2. The van der Waals surface area contributed by atoms with Crippen LogP contribution in [-0.2, 0) is 0 Å². The number of furan rings is 1. The van der Waals surface area contributed by atoms with Crippen LogP contribution in [0, 0.1) is 0 Å². The molecule has 57 heavy (non-hydrogen) atoms. The van der Waals surface area contributed by atoms with Gasteiger partial charge in [-0.15, -0.1) is 11.3 Å². The quantitative estimate of drug-likeness (QED) is 0.176. The van der Waals surface area contributed by atoms with Crippen molar-refractivity contribution in [3.8, 4) is 51.0 Å². The number of benzene rings is 8. The van der Waals surface area contributed by atoms with Gasteiger partial charge in [0.2, 0.25) is 5.95 Å². The van der Waals surface area contributed by atoms with Gasteiger partial charge in [0.1, 0.15) is 11.2 Å². The summed E-state index contributed by atoms with van der Waals surface area (Å²) in [6, 6.07) is 64.0. The maximum atomic E-state index is 6.19. The molecule has 0 radical (unpaired) electrons. The lowest BCUT2D eigenvalue weighted by Gasteiger charge is -2.11. The highest BCUT2D eigenvalue weighted by Gasteiger charge is 2.20. The van der Waals surface area contributed by atoms with E-state index in [4.69, 9.17) is 19.4 Å². The molecule has 0 aliphatic carbocycles. The molecular weight excluding hydrogens is 717 g/mol. The number of para-hydroxylation sites is 1. The van der Waals surface area contributed by atoms with Gasteiger partial charge in [-0.25, -0.2) is 4.98 Å². The van der Waals surface area contributed by atoms with E-state index in [1.807, 2.05) is 84.1 Å². The van der Waals surface area contributed by atoms with Crippen LogP contribution in [0.15, 0.2) is 186 Å². The van der Waals surface area contributed by atoms with Crippen LogP contribution in [0.1, 0.15) is 0 Å². The van der Waals surface area contributed by atoms with E-state index in [1.54, 1.807) is 0 Å². The van der Waals surface area contributed by atoms with Crippen LogP contribution < -0.4 is 0 Å². The van der Waals surface area contributed by atoms with Crippen LogP contribution >= 0.6 is 11.3 Å². The van der Waals surface area contributed by atoms with Gasteiger partial charge in [-0.1, -0.05) is 121 Å². The maximum Gasteiger partial charge on any atom is 0.238 e. The van der Waals surface area contributed by atoms with E-state index < -0.39 is 0 Å². The molecule has 0 N–H and O–H groups in total. The maximum absolute atomic E-state index is 6.19. The first-order valence-corrected chi connectivity index (χ1v) is 19.8. The summed E-state index contributed by atoms with van der Waals surface area (Å²) in [6.45, 7) is 0. The highest BCUT2D eigenvalue weighted by atomic mass is 32.1.